The molecule has 0 saturated heterocycles. The minimum absolute atomic E-state index is 0.157. The number of hydrogen-bond acceptors (Lipinski definition) is 5. The van der Waals surface area contributed by atoms with Gasteiger partial charge in [0.05, 0.1) is 12.3 Å². The van der Waals surface area contributed by atoms with Gasteiger partial charge in [-0.05, 0) is 78.6 Å². The standard InChI is InChI=1S/C33H29FN2O5/c34-26-12-7-22(8-13-26)4-3-18-35-32(38)25-11-16-28(30(21-25)40-19-17-23-9-14-27(37)15-10-23)36-33(39)31-20-24-5-1-2-6-29(24)41-31/h1-2,5-16,20-21,37H,3-4,17-19H2,(H,35,38)(H,36,39). The van der Waals surface area contributed by atoms with Gasteiger partial charge in [-0.15, -0.1) is 0 Å². The van der Waals surface area contributed by atoms with E-state index in [1.54, 1.807) is 66.7 Å². The van der Waals surface area contributed by atoms with Gasteiger partial charge in [0.15, 0.2) is 5.76 Å². The van der Waals surface area contributed by atoms with Crippen LogP contribution in [-0.4, -0.2) is 30.1 Å². The Morgan fingerprint density at radius 2 is 1.56 bits per heavy atom. The minimum Gasteiger partial charge on any atom is -0.508 e. The maximum Gasteiger partial charge on any atom is 0.291 e. The second kappa shape index (κ2) is 12.8. The maximum atomic E-state index is 13.1. The number of nitrogens with one attached hydrogen (secondary N) is 2. The van der Waals surface area contributed by atoms with Crippen molar-refractivity contribution in [1.82, 2.24) is 5.32 Å². The van der Waals surface area contributed by atoms with Gasteiger partial charge in [-0.25, -0.2) is 4.39 Å². The minimum atomic E-state index is -0.442. The number of aryl methyl sites for hydroxylation is 1. The third kappa shape index (κ3) is 7.30. The normalized spacial score (nSPS) is 10.9. The van der Waals surface area contributed by atoms with Crippen LogP contribution in [0.5, 0.6) is 11.5 Å². The van der Waals surface area contributed by atoms with Crippen molar-refractivity contribution in [3.05, 3.63) is 125 Å². The number of carbonyl (C=O) groups excluding carboxylic acids is 2. The Balaban J connectivity index is 1.26. The molecule has 3 N–H and O–H groups in total. The van der Waals surface area contributed by atoms with E-state index in [0.29, 0.717) is 48.4 Å². The molecule has 2 amide bonds. The number of rotatable bonds is 11. The fourth-order valence-electron chi connectivity index (χ4n) is 4.35. The fraction of sp³-hybridized carbons (Fsp3) is 0.152. The molecule has 0 aliphatic rings. The van der Waals surface area contributed by atoms with Crippen LogP contribution in [0.3, 0.4) is 0 Å². The number of aromatic hydroxyl groups is 1. The zero-order valence-electron chi connectivity index (χ0n) is 22.2. The van der Waals surface area contributed by atoms with E-state index in [0.717, 1.165) is 16.5 Å². The molecule has 0 aliphatic heterocycles. The highest BCUT2D eigenvalue weighted by molar-refractivity contribution is 6.05. The van der Waals surface area contributed by atoms with Gasteiger partial charge >= 0.3 is 0 Å². The highest BCUT2D eigenvalue weighted by Gasteiger charge is 2.17. The number of para-hydroxylation sites is 1. The highest BCUT2D eigenvalue weighted by atomic mass is 19.1. The number of fused-ring (bicyclic) bond motifs is 1. The third-order valence-corrected chi connectivity index (χ3v) is 6.57. The summed E-state index contributed by atoms with van der Waals surface area (Å²) in [5.74, 6) is -0.316. The second-order valence-electron chi connectivity index (χ2n) is 9.56. The lowest BCUT2D eigenvalue weighted by Crippen LogP contribution is -2.25. The van der Waals surface area contributed by atoms with E-state index < -0.39 is 5.91 Å². The second-order valence-corrected chi connectivity index (χ2v) is 9.56. The predicted octanol–water partition coefficient (Wildman–Crippen LogP) is 6.51. The molecule has 0 unspecified atom stereocenters. The van der Waals surface area contributed by atoms with Gasteiger partial charge in [-0.1, -0.05) is 42.5 Å². The van der Waals surface area contributed by atoms with Crippen molar-refractivity contribution in [2.45, 2.75) is 19.3 Å². The van der Waals surface area contributed by atoms with Gasteiger partial charge in [0.1, 0.15) is 22.9 Å². The lowest BCUT2D eigenvalue weighted by Gasteiger charge is -2.14. The molecule has 0 fully saturated rings. The van der Waals surface area contributed by atoms with Crippen molar-refractivity contribution < 1.29 is 28.2 Å². The van der Waals surface area contributed by atoms with E-state index >= 15 is 0 Å². The Labute approximate surface area is 236 Å². The van der Waals surface area contributed by atoms with Crippen LogP contribution >= 0.6 is 0 Å². The fourth-order valence-corrected chi connectivity index (χ4v) is 4.35. The van der Waals surface area contributed by atoms with Crippen molar-refractivity contribution in [2.24, 2.45) is 0 Å². The Hall–Kier alpha value is -5.11. The number of benzene rings is 4. The van der Waals surface area contributed by atoms with E-state index in [9.17, 15) is 19.1 Å². The largest absolute Gasteiger partial charge is 0.508 e. The van der Waals surface area contributed by atoms with Crippen LogP contribution in [0.1, 0.15) is 38.5 Å². The number of carbonyl (C=O) groups is 2. The van der Waals surface area contributed by atoms with E-state index in [1.807, 2.05) is 18.2 Å². The average Bonchev–Trinajstić information content (AvgIpc) is 3.43. The summed E-state index contributed by atoms with van der Waals surface area (Å²) in [7, 11) is 0. The van der Waals surface area contributed by atoms with E-state index in [4.69, 9.17) is 9.15 Å². The van der Waals surface area contributed by atoms with Crippen molar-refractivity contribution in [3.8, 4) is 11.5 Å². The Bertz CT molecular complexity index is 1610. The van der Waals surface area contributed by atoms with E-state index in [1.165, 1.54) is 12.1 Å². The lowest BCUT2D eigenvalue weighted by molar-refractivity contribution is 0.0952. The Morgan fingerprint density at radius 1 is 0.829 bits per heavy atom. The van der Waals surface area contributed by atoms with Crippen LogP contribution < -0.4 is 15.4 Å². The van der Waals surface area contributed by atoms with Crippen molar-refractivity contribution in [2.75, 3.05) is 18.5 Å². The molecule has 0 aliphatic carbocycles. The van der Waals surface area contributed by atoms with Gasteiger partial charge in [0.2, 0.25) is 0 Å². The van der Waals surface area contributed by atoms with Gasteiger partial charge in [-0.3, -0.25) is 9.59 Å². The molecule has 8 heteroatoms. The molecule has 4 aromatic carbocycles. The first-order chi connectivity index (χ1) is 19.9. The Kier molecular flexibility index (Phi) is 8.59. The van der Waals surface area contributed by atoms with Crippen LogP contribution in [0.2, 0.25) is 0 Å². The van der Waals surface area contributed by atoms with Crippen molar-refractivity contribution in [3.63, 3.8) is 0 Å². The summed E-state index contributed by atoms with van der Waals surface area (Å²) in [6, 6.07) is 27.0. The molecule has 0 radical (unpaired) electrons. The predicted molar refractivity (Wildman–Crippen MR) is 155 cm³/mol. The van der Waals surface area contributed by atoms with Gasteiger partial charge in [0, 0.05) is 23.9 Å². The number of amides is 2. The smallest absolute Gasteiger partial charge is 0.291 e. The molecule has 7 nitrogen and oxygen atoms in total. The summed E-state index contributed by atoms with van der Waals surface area (Å²) in [5.41, 5.74) is 3.34. The summed E-state index contributed by atoms with van der Waals surface area (Å²) < 4.78 is 24.8. The zero-order chi connectivity index (χ0) is 28.6. The number of phenols is 1. The lowest BCUT2D eigenvalue weighted by atomic mass is 10.1. The van der Waals surface area contributed by atoms with Gasteiger partial charge in [0.25, 0.3) is 11.8 Å². The molecule has 1 aromatic heterocycles. The van der Waals surface area contributed by atoms with Gasteiger partial charge in [-0.2, -0.15) is 0 Å². The molecule has 5 rings (SSSR count). The number of anilines is 1. The number of halogens is 1. The third-order valence-electron chi connectivity index (χ3n) is 6.57. The number of hydrogen-bond donors (Lipinski definition) is 3. The molecule has 0 atom stereocenters. The zero-order valence-corrected chi connectivity index (χ0v) is 22.2. The summed E-state index contributed by atoms with van der Waals surface area (Å²) in [6.45, 7) is 0.721. The van der Waals surface area contributed by atoms with Crippen LogP contribution in [0, 0.1) is 5.82 Å². The first kappa shape index (κ1) is 27.5. The van der Waals surface area contributed by atoms with Crippen molar-refractivity contribution >= 4 is 28.5 Å². The van der Waals surface area contributed by atoms with Crippen LogP contribution in [0.4, 0.5) is 10.1 Å². The summed E-state index contributed by atoms with van der Waals surface area (Å²) >= 11 is 0. The summed E-state index contributed by atoms with van der Waals surface area (Å²) in [5, 5.41) is 16.1. The summed E-state index contributed by atoms with van der Waals surface area (Å²) in [4.78, 5) is 25.9. The first-order valence-electron chi connectivity index (χ1n) is 13.3. The van der Waals surface area contributed by atoms with Gasteiger partial charge < -0.3 is 24.9 Å². The van der Waals surface area contributed by atoms with E-state index in [-0.39, 0.29) is 29.8 Å². The number of phenolic OH excluding ortho intramolecular Hbond substituents is 1. The van der Waals surface area contributed by atoms with Crippen LogP contribution in [-0.2, 0) is 12.8 Å². The maximum absolute atomic E-state index is 13.1. The summed E-state index contributed by atoms with van der Waals surface area (Å²) in [6.07, 6.45) is 1.95. The molecular weight excluding hydrogens is 523 g/mol. The molecule has 208 valence electrons. The monoisotopic (exact) mass is 552 g/mol. The first-order valence-corrected chi connectivity index (χ1v) is 13.3. The number of furan rings is 1. The number of ether oxygens (including phenoxy) is 1. The average molecular weight is 553 g/mol. The molecule has 1 heterocycles. The van der Waals surface area contributed by atoms with E-state index in [2.05, 4.69) is 10.6 Å². The molecule has 0 spiro atoms. The quantitative estimate of drug-likeness (QED) is 0.162. The topological polar surface area (TPSA) is 101 Å². The SMILES string of the molecule is O=C(NCCCc1ccc(F)cc1)c1ccc(NC(=O)c2cc3ccccc3o2)c(OCCc2ccc(O)cc2)c1. The molecule has 0 bridgehead atoms. The molecular formula is C33H29FN2O5. The van der Waals surface area contributed by atoms with Crippen LogP contribution in [0.15, 0.2) is 101 Å². The van der Waals surface area contributed by atoms with Crippen molar-refractivity contribution in [1.29, 1.82) is 0 Å². The molecule has 41 heavy (non-hydrogen) atoms. The Morgan fingerprint density at radius 3 is 2.34 bits per heavy atom. The molecule has 0 saturated carbocycles. The van der Waals surface area contributed by atoms with Crippen LogP contribution in [0.25, 0.3) is 11.0 Å². The highest BCUT2D eigenvalue weighted by Crippen LogP contribution is 2.28. The molecule has 5 aromatic rings.